The SMILES string of the molecule is O=C(Nc1ncccn1)c1cc(Cl)ncc1Cl. The zero-order chi connectivity index (χ0) is 12.3. The van der Waals surface area contributed by atoms with Gasteiger partial charge >= 0.3 is 0 Å². The van der Waals surface area contributed by atoms with Gasteiger partial charge in [0.05, 0.1) is 10.6 Å². The van der Waals surface area contributed by atoms with Gasteiger partial charge in [0.15, 0.2) is 0 Å². The summed E-state index contributed by atoms with van der Waals surface area (Å²) >= 11 is 11.5. The van der Waals surface area contributed by atoms with E-state index in [0.717, 1.165) is 0 Å². The number of amides is 1. The van der Waals surface area contributed by atoms with Crippen molar-refractivity contribution in [1.29, 1.82) is 0 Å². The number of nitrogens with one attached hydrogen (secondary N) is 1. The van der Waals surface area contributed by atoms with Crippen LogP contribution in [0.3, 0.4) is 0 Å². The van der Waals surface area contributed by atoms with Crippen molar-refractivity contribution in [3.05, 3.63) is 46.5 Å². The van der Waals surface area contributed by atoms with Crippen LogP contribution in [0.5, 0.6) is 0 Å². The lowest BCUT2D eigenvalue weighted by Gasteiger charge is -2.04. The van der Waals surface area contributed by atoms with Gasteiger partial charge in [-0.25, -0.2) is 15.0 Å². The van der Waals surface area contributed by atoms with E-state index in [-0.39, 0.29) is 21.7 Å². The third-order valence-corrected chi connectivity index (χ3v) is 2.37. The number of rotatable bonds is 2. The molecule has 0 saturated carbocycles. The fourth-order valence-corrected chi connectivity index (χ4v) is 1.47. The Kier molecular flexibility index (Phi) is 3.51. The topological polar surface area (TPSA) is 67.8 Å². The van der Waals surface area contributed by atoms with Crippen molar-refractivity contribution in [1.82, 2.24) is 15.0 Å². The third-order valence-electron chi connectivity index (χ3n) is 1.86. The summed E-state index contributed by atoms with van der Waals surface area (Å²) < 4.78 is 0. The van der Waals surface area contributed by atoms with E-state index in [2.05, 4.69) is 20.3 Å². The number of anilines is 1. The molecule has 0 atom stereocenters. The number of halogens is 2. The number of pyridine rings is 1. The molecule has 2 heterocycles. The van der Waals surface area contributed by atoms with E-state index < -0.39 is 5.91 Å². The number of aromatic nitrogens is 3. The van der Waals surface area contributed by atoms with E-state index in [1.165, 1.54) is 24.7 Å². The largest absolute Gasteiger partial charge is 0.290 e. The molecule has 7 heteroatoms. The van der Waals surface area contributed by atoms with Crippen molar-refractivity contribution < 1.29 is 4.79 Å². The van der Waals surface area contributed by atoms with Gasteiger partial charge in [-0.15, -0.1) is 0 Å². The minimum absolute atomic E-state index is 0.188. The minimum Gasteiger partial charge on any atom is -0.290 e. The van der Waals surface area contributed by atoms with Crippen LogP contribution in [0.2, 0.25) is 10.2 Å². The first-order chi connectivity index (χ1) is 8.16. The predicted molar refractivity (Wildman–Crippen MR) is 64.2 cm³/mol. The van der Waals surface area contributed by atoms with Crippen LogP contribution >= 0.6 is 23.2 Å². The Morgan fingerprint density at radius 2 is 1.88 bits per heavy atom. The van der Waals surface area contributed by atoms with E-state index in [4.69, 9.17) is 23.2 Å². The lowest BCUT2D eigenvalue weighted by Crippen LogP contribution is -2.14. The number of nitrogens with zero attached hydrogens (tertiary/aromatic N) is 3. The van der Waals surface area contributed by atoms with Crippen LogP contribution in [0.15, 0.2) is 30.7 Å². The fraction of sp³-hybridized carbons (Fsp3) is 0. The predicted octanol–water partition coefficient (Wildman–Crippen LogP) is 2.43. The summed E-state index contributed by atoms with van der Waals surface area (Å²) in [6.45, 7) is 0. The van der Waals surface area contributed by atoms with Gasteiger partial charge in [0.2, 0.25) is 5.95 Å². The second-order valence-corrected chi connectivity index (χ2v) is 3.81. The molecular weight excluding hydrogens is 263 g/mol. The number of hydrogen-bond donors (Lipinski definition) is 1. The van der Waals surface area contributed by atoms with Crippen LogP contribution in [0.25, 0.3) is 0 Å². The van der Waals surface area contributed by atoms with Crippen LogP contribution in [0.1, 0.15) is 10.4 Å². The van der Waals surface area contributed by atoms with E-state index in [0.29, 0.717) is 0 Å². The Hall–Kier alpha value is -1.72. The van der Waals surface area contributed by atoms with Crippen LogP contribution in [0, 0.1) is 0 Å². The van der Waals surface area contributed by atoms with Crippen molar-refractivity contribution >= 4 is 35.1 Å². The molecule has 0 saturated heterocycles. The second kappa shape index (κ2) is 5.07. The summed E-state index contributed by atoms with van der Waals surface area (Å²) in [6.07, 6.45) is 4.35. The van der Waals surface area contributed by atoms with E-state index in [1.807, 2.05) is 0 Å². The summed E-state index contributed by atoms with van der Waals surface area (Å²) in [7, 11) is 0. The highest BCUT2D eigenvalue weighted by molar-refractivity contribution is 6.35. The first-order valence-electron chi connectivity index (χ1n) is 4.56. The average molecular weight is 269 g/mol. The van der Waals surface area contributed by atoms with Gasteiger partial charge in [0.25, 0.3) is 5.91 Å². The lowest BCUT2D eigenvalue weighted by molar-refractivity contribution is 0.102. The van der Waals surface area contributed by atoms with Crippen molar-refractivity contribution in [3.8, 4) is 0 Å². The normalized spacial score (nSPS) is 10.0. The van der Waals surface area contributed by atoms with Gasteiger partial charge in [0, 0.05) is 18.6 Å². The van der Waals surface area contributed by atoms with E-state index in [9.17, 15) is 4.79 Å². The summed E-state index contributed by atoms with van der Waals surface area (Å²) in [4.78, 5) is 23.3. The summed E-state index contributed by atoms with van der Waals surface area (Å²) in [5.41, 5.74) is 0.221. The van der Waals surface area contributed by atoms with E-state index in [1.54, 1.807) is 6.07 Å². The summed E-state index contributed by atoms with van der Waals surface area (Å²) in [5.74, 6) is -0.244. The Bertz CT molecular complexity index is 547. The number of carbonyl (C=O) groups excluding carboxylic acids is 1. The average Bonchev–Trinajstić information content (AvgIpc) is 2.33. The van der Waals surface area contributed by atoms with Gasteiger partial charge in [-0.2, -0.15) is 0 Å². The maximum atomic E-state index is 11.8. The number of carbonyl (C=O) groups is 1. The highest BCUT2D eigenvalue weighted by Gasteiger charge is 2.12. The highest BCUT2D eigenvalue weighted by atomic mass is 35.5. The van der Waals surface area contributed by atoms with Gasteiger partial charge in [0.1, 0.15) is 5.15 Å². The smallest absolute Gasteiger partial charge is 0.259 e. The molecule has 86 valence electrons. The molecule has 17 heavy (non-hydrogen) atoms. The molecule has 5 nitrogen and oxygen atoms in total. The maximum Gasteiger partial charge on any atom is 0.259 e. The highest BCUT2D eigenvalue weighted by Crippen LogP contribution is 2.18. The summed E-state index contributed by atoms with van der Waals surface area (Å²) in [6, 6.07) is 3.02. The Labute approximate surface area is 107 Å². The Balaban J connectivity index is 2.23. The molecular formula is C10H6Cl2N4O. The Morgan fingerprint density at radius 1 is 1.18 bits per heavy atom. The van der Waals surface area contributed by atoms with Crippen molar-refractivity contribution in [3.63, 3.8) is 0 Å². The van der Waals surface area contributed by atoms with Crippen LogP contribution in [0.4, 0.5) is 5.95 Å². The molecule has 2 rings (SSSR count). The zero-order valence-electron chi connectivity index (χ0n) is 8.39. The van der Waals surface area contributed by atoms with Gasteiger partial charge in [-0.1, -0.05) is 23.2 Å². The molecule has 0 unspecified atom stereocenters. The van der Waals surface area contributed by atoms with Gasteiger partial charge in [-0.05, 0) is 12.1 Å². The van der Waals surface area contributed by atoms with Gasteiger partial charge < -0.3 is 0 Å². The molecule has 0 spiro atoms. The molecule has 0 fully saturated rings. The second-order valence-electron chi connectivity index (χ2n) is 3.01. The minimum atomic E-state index is -0.439. The molecule has 0 bridgehead atoms. The van der Waals surface area contributed by atoms with Gasteiger partial charge in [-0.3, -0.25) is 10.1 Å². The zero-order valence-corrected chi connectivity index (χ0v) is 9.90. The molecule has 0 aliphatic rings. The third kappa shape index (κ3) is 2.89. The van der Waals surface area contributed by atoms with Crippen LogP contribution in [-0.2, 0) is 0 Å². The fourth-order valence-electron chi connectivity index (χ4n) is 1.12. The molecule has 0 aliphatic carbocycles. The van der Waals surface area contributed by atoms with Crippen LogP contribution in [-0.4, -0.2) is 20.9 Å². The molecule has 2 aromatic heterocycles. The summed E-state index contributed by atoms with van der Waals surface area (Å²) in [5, 5.41) is 2.89. The first kappa shape index (κ1) is 11.8. The monoisotopic (exact) mass is 268 g/mol. The molecule has 0 radical (unpaired) electrons. The molecule has 0 aliphatic heterocycles. The van der Waals surface area contributed by atoms with Crippen molar-refractivity contribution in [2.75, 3.05) is 5.32 Å². The standard InChI is InChI=1S/C10H6Cl2N4O/c11-7-5-15-8(12)4-6(7)9(17)16-10-13-2-1-3-14-10/h1-5H,(H,13,14,16,17). The molecule has 0 aromatic carbocycles. The molecule has 2 aromatic rings. The molecule has 1 N–H and O–H groups in total. The Morgan fingerprint density at radius 3 is 2.59 bits per heavy atom. The van der Waals surface area contributed by atoms with Crippen molar-refractivity contribution in [2.24, 2.45) is 0 Å². The van der Waals surface area contributed by atoms with Crippen LogP contribution < -0.4 is 5.32 Å². The molecule has 1 amide bonds. The van der Waals surface area contributed by atoms with E-state index >= 15 is 0 Å². The first-order valence-corrected chi connectivity index (χ1v) is 5.32. The quantitative estimate of drug-likeness (QED) is 0.850. The van der Waals surface area contributed by atoms with Crippen molar-refractivity contribution in [2.45, 2.75) is 0 Å². The number of hydrogen-bond acceptors (Lipinski definition) is 4. The lowest BCUT2D eigenvalue weighted by atomic mass is 10.2. The maximum absolute atomic E-state index is 11.8.